The third kappa shape index (κ3) is 1.66. The molecule has 1 atom stereocenters. The van der Waals surface area contributed by atoms with Gasteiger partial charge in [0.15, 0.2) is 0 Å². The molecule has 1 saturated carbocycles. The number of hydrogen-bond acceptors (Lipinski definition) is 3. The lowest BCUT2D eigenvalue weighted by molar-refractivity contribution is -0.139. The predicted molar refractivity (Wildman–Crippen MR) is 45.1 cm³/mol. The van der Waals surface area contributed by atoms with Crippen molar-refractivity contribution in [3.63, 3.8) is 0 Å². The second-order valence-electron chi connectivity index (χ2n) is 3.26. The van der Waals surface area contributed by atoms with Gasteiger partial charge < -0.3 is 5.11 Å². The van der Waals surface area contributed by atoms with Gasteiger partial charge in [-0.1, -0.05) is 0 Å². The van der Waals surface area contributed by atoms with Gasteiger partial charge in [0.1, 0.15) is 11.7 Å². The molecule has 1 aromatic rings. The van der Waals surface area contributed by atoms with Crippen LogP contribution in [0.2, 0.25) is 0 Å². The molecule has 2 rings (SSSR count). The van der Waals surface area contributed by atoms with Crippen LogP contribution < -0.4 is 0 Å². The standard InChI is InChI=1S/C9H10N2O2/c12-9(13)7(6-2-3-6)8-10-4-1-5-11-8/h1,4-7H,2-3H2,(H,12,13). The first-order valence-electron chi connectivity index (χ1n) is 4.29. The van der Waals surface area contributed by atoms with E-state index in [-0.39, 0.29) is 5.92 Å². The van der Waals surface area contributed by atoms with Crippen molar-refractivity contribution >= 4 is 5.97 Å². The van der Waals surface area contributed by atoms with E-state index in [1.165, 1.54) is 0 Å². The zero-order valence-electron chi connectivity index (χ0n) is 7.05. The molecule has 0 spiro atoms. The van der Waals surface area contributed by atoms with Crippen molar-refractivity contribution in [2.45, 2.75) is 18.8 Å². The van der Waals surface area contributed by atoms with Crippen LogP contribution >= 0.6 is 0 Å². The van der Waals surface area contributed by atoms with E-state index in [1.807, 2.05) is 0 Å². The highest BCUT2D eigenvalue weighted by molar-refractivity contribution is 5.75. The van der Waals surface area contributed by atoms with E-state index in [0.29, 0.717) is 5.82 Å². The van der Waals surface area contributed by atoms with Crippen LogP contribution in [-0.2, 0) is 4.79 Å². The first-order valence-corrected chi connectivity index (χ1v) is 4.29. The summed E-state index contributed by atoms with van der Waals surface area (Å²) in [6.07, 6.45) is 5.13. The fourth-order valence-corrected chi connectivity index (χ4v) is 1.42. The molecule has 0 bridgehead atoms. The lowest BCUT2D eigenvalue weighted by Crippen LogP contribution is -2.16. The third-order valence-corrected chi connectivity index (χ3v) is 2.22. The van der Waals surface area contributed by atoms with E-state index >= 15 is 0 Å². The molecule has 4 nitrogen and oxygen atoms in total. The molecule has 0 amide bonds. The van der Waals surface area contributed by atoms with Crippen LogP contribution in [0, 0.1) is 5.92 Å². The van der Waals surface area contributed by atoms with E-state index in [1.54, 1.807) is 18.5 Å². The van der Waals surface area contributed by atoms with Crippen LogP contribution in [0.25, 0.3) is 0 Å². The summed E-state index contributed by atoms with van der Waals surface area (Å²) in [6.45, 7) is 0. The van der Waals surface area contributed by atoms with Crippen molar-refractivity contribution in [3.8, 4) is 0 Å². The molecule has 68 valence electrons. The van der Waals surface area contributed by atoms with Crippen LogP contribution in [0.3, 0.4) is 0 Å². The minimum atomic E-state index is -0.811. The number of aromatic nitrogens is 2. The molecule has 0 aliphatic heterocycles. The number of carboxylic acids is 1. The number of hydrogen-bond donors (Lipinski definition) is 1. The Balaban J connectivity index is 2.25. The van der Waals surface area contributed by atoms with E-state index in [0.717, 1.165) is 12.8 Å². The fourth-order valence-electron chi connectivity index (χ4n) is 1.42. The zero-order chi connectivity index (χ0) is 9.26. The van der Waals surface area contributed by atoms with Gasteiger partial charge in [0.25, 0.3) is 0 Å². The number of carbonyl (C=O) groups is 1. The Hall–Kier alpha value is -1.45. The molecule has 1 aliphatic carbocycles. The van der Waals surface area contributed by atoms with Crippen molar-refractivity contribution in [2.24, 2.45) is 5.92 Å². The highest BCUT2D eigenvalue weighted by Crippen LogP contribution is 2.41. The molecule has 1 N–H and O–H groups in total. The maximum absolute atomic E-state index is 10.9. The Labute approximate surface area is 75.6 Å². The number of nitrogens with zero attached hydrogens (tertiary/aromatic N) is 2. The minimum absolute atomic E-state index is 0.250. The Bertz CT molecular complexity index is 309. The monoisotopic (exact) mass is 178 g/mol. The van der Waals surface area contributed by atoms with Crippen molar-refractivity contribution in [3.05, 3.63) is 24.3 Å². The number of aliphatic carboxylic acids is 1. The SMILES string of the molecule is O=C(O)C(c1ncccn1)C1CC1. The Morgan fingerprint density at radius 3 is 2.54 bits per heavy atom. The molecule has 4 heteroatoms. The molecule has 13 heavy (non-hydrogen) atoms. The summed E-state index contributed by atoms with van der Waals surface area (Å²) < 4.78 is 0. The smallest absolute Gasteiger partial charge is 0.314 e. The summed E-state index contributed by atoms with van der Waals surface area (Å²) in [5.74, 6) is -0.618. The molecule has 1 fully saturated rings. The van der Waals surface area contributed by atoms with E-state index in [4.69, 9.17) is 5.11 Å². The second-order valence-corrected chi connectivity index (χ2v) is 3.26. The summed E-state index contributed by atoms with van der Waals surface area (Å²) in [7, 11) is 0. The maximum Gasteiger partial charge on any atom is 0.314 e. The van der Waals surface area contributed by atoms with Gasteiger partial charge in [0.05, 0.1) is 0 Å². The average molecular weight is 178 g/mol. The normalized spacial score (nSPS) is 18.2. The summed E-state index contributed by atoms with van der Waals surface area (Å²) >= 11 is 0. The summed E-state index contributed by atoms with van der Waals surface area (Å²) in [5.41, 5.74) is 0. The lowest BCUT2D eigenvalue weighted by Gasteiger charge is -2.07. The first-order chi connectivity index (χ1) is 6.29. The number of rotatable bonds is 3. The first kappa shape index (κ1) is 8.16. The highest BCUT2D eigenvalue weighted by Gasteiger charge is 2.39. The maximum atomic E-state index is 10.9. The fraction of sp³-hybridized carbons (Fsp3) is 0.444. The molecular formula is C9H10N2O2. The summed E-state index contributed by atoms with van der Waals surface area (Å²) in [4.78, 5) is 18.8. The summed E-state index contributed by atoms with van der Waals surface area (Å²) in [6, 6.07) is 1.69. The quantitative estimate of drug-likeness (QED) is 0.751. The van der Waals surface area contributed by atoms with Gasteiger partial charge >= 0.3 is 5.97 Å². The van der Waals surface area contributed by atoms with Crippen LogP contribution in [0.5, 0.6) is 0 Å². The largest absolute Gasteiger partial charge is 0.481 e. The Morgan fingerprint density at radius 2 is 2.08 bits per heavy atom. The second kappa shape index (κ2) is 3.12. The van der Waals surface area contributed by atoms with Gasteiger partial charge in [-0.15, -0.1) is 0 Å². The van der Waals surface area contributed by atoms with Crippen molar-refractivity contribution in [1.29, 1.82) is 0 Å². The van der Waals surface area contributed by atoms with Crippen LogP contribution in [-0.4, -0.2) is 21.0 Å². The Kier molecular flexibility index (Phi) is 1.96. The van der Waals surface area contributed by atoms with E-state index in [9.17, 15) is 4.79 Å². The minimum Gasteiger partial charge on any atom is -0.481 e. The van der Waals surface area contributed by atoms with Crippen LogP contribution in [0.15, 0.2) is 18.5 Å². The van der Waals surface area contributed by atoms with Crippen LogP contribution in [0.4, 0.5) is 0 Å². The Morgan fingerprint density at radius 1 is 1.46 bits per heavy atom. The molecule has 0 saturated heterocycles. The van der Waals surface area contributed by atoms with E-state index in [2.05, 4.69) is 9.97 Å². The van der Waals surface area contributed by atoms with Gasteiger partial charge in [-0.3, -0.25) is 4.79 Å². The van der Waals surface area contributed by atoms with Crippen molar-refractivity contribution in [1.82, 2.24) is 9.97 Å². The molecule has 1 aliphatic rings. The topological polar surface area (TPSA) is 63.1 Å². The molecule has 1 aromatic heterocycles. The van der Waals surface area contributed by atoms with Gasteiger partial charge in [-0.2, -0.15) is 0 Å². The predicted octanol–water partition coefficient (Wildman–Crippen LogP) is 1.05. The molecule has 0 aromatic carbocycles. The van der Waals surface area contributed by atoms with E-state index < -0.39 is 11.9 Å². The molecular weight excluding hydrogens is 168 g/mol. The zero-order valence-corrected chi connectivity index (χ0v) is 7.05. The van der Waals surface area contributed by atoms with Gasteiger partial charge in [-0.25, -0.2) is 9.97 Å². The van der Waals surface area contributed by atoms with Gasteiger partial charge in [0, 0.05) is 12.4 Å². The average Bonchev–Trinajstić information content (AvgIpc) is 2.90. The molecule has 0 radical (unpaired) electrons. The highest BCUT2D eigenvalue weighted by atomic mass is 16.4. The molecule has 1 unspecified atom stereocenters. The van der Waals surface area contributed by atoms with Gasteiger partial charge in [-0.05, 0) is 24.8 Å². The third-order valence-electron chi connectivity index (χ3n) is 2.22. The number of carboxylic acid groups (broad SMARTS) is 1. The summed E-state index contributed by atoms with van der Waals surface area (Å²) in [5, 5.41) is 8.96. The van der Waals surface area contributed by atoms with Crippen molar-refractivity contribution in [2.75, 3.05) is 0 Å². The van der Waals surface area contributed by atoms with Crippen molar-refractivity contribution < 1.29 is 9.90 Å². The van der Waals surface area contributed by atoms with Crippen LogP contribution in [0.1, 0.15) is 24.6 Å². The van der Waals surface area contributed by atoms with Gasteiger partial charge in [0.2, 0.25) is 0 Å². The lowest BCUT2D eigenvalue weighted by atomic mass is 10.0. The molecule has 1 heterocycles.